The van der Waals surface area contributed by atoms with E-state index in [1.54, 1.807) is 63.3 Å². The van der Waals surface area contributed by atoms with Crippen LogP contribution in [-0.4, -0.2) is 57.2 Å². The number of nitrogens with zero attached hydrogens (tertiary/aromatic N) is 4. The molecule has 4 aromatic rings. The number of esters is 1. The van der Waals surface area contributed by atoms with E-state index in [1.807, 2.05) is 55.5 Å². The summed E-state index contributed by atoms with van der Waals surface area (Å²) in [6.45, 7) is 9.80. The summed E-state index contributed by atoms with van der Waals surface area (Å²) in [6.07, 6.45) is 5.23. The molecule has 2 N–H and O–H groups in total. The molecule has 1 aliphatic rings. The number of likely N-dealkylation sites (tertiary alicyclic amines) is 1. The number of aryl methyl sites for hydroxylation is 1. The van der Waals surface area contributed by atoms with Crippen LogP contribution in [0, 0.1) is 12.3 Å². The van der Waals surface area contributed by atoms with Crippen molar-refractivity contribution < 1.29 is 23.9 Å². The number of piperidine rings is 1. The number of carbonyl (C=O) groups excluding carboxylic acids is 3. The van der Waals surface area contributed by atoms with Crippen LogP contribution in [-0.2, 0) is 14.3 Å². The van der Waals surface area contributed by atoms with Crippen molar-refractivity contribution >= 4 is 35.3 Å². The summed E-state index contributed by atoms with van der Waals surface area (Å²) in [5, 5.41) is 6.22. The molecule has 1 atom stereocenters. The van der Waals surface area contributed by atoms with Crippen molar-refractivity contribution in [3.63, 3.8) is 0 Å². The van der Waals surface area contributed by atoms with Crippen LogP contribution in [0.1, 0.15) is 67.9 Å². The minimum absolute atomic E-state index is 0.236. The maximum Gasteiger partial charge on any atom is 0.412 e. The Hall–Kier alpha value is -5.32. The van der Waals surface area contributed by atoms with Gasteiger partial charge in [-0.1, -0.05) is 18.2 Å². The van der Waals surface area contributed by atoms with Gasteiger partial charge in [-0.3, -0.25) is 14.6 Å². The third-order valence-electron chi connectivity index (χ3n) is 7.90. The molecule has 0 aliphatic carbocycles. The minimum Gasteiger partial charge on any atom is -0.425 e. The molecule has 0 spiro atoms. The fourth-order valence-electron chi connectivity index (χ4n) is 5.12. The molecular weight excluding hydrogens is 596 g/mol. The van der Waals surface area contributed by atoms with E-state index in [0.29, 0.717) is 30.3 Å². The summed E-state index contributed by atoms with van der Waals surface area (Å²) < 4.78 is 10.6. The van der Waals surface area contributed by atoms with Gasteiger partial charge in [0.2, 0.25) is 12.2 Å². The second kappa shape index (κ2) is 14.4. The Kier molecular flexibility index (Phi) is 10.1. The zero-order valence-electron chi connectivity index (χ0n) is 27.3. The summed E-state index contributed by atoms with van der Waals surface area (Å²) in [5.74, 6) is 0.0251. The molecule has 3 heterocycles. The number of hydrogen-bond donors (Lipinski definition) is 2. The molecule has 0 radical (unpaired) electrons. The third kappa shape index (κ3) is 8.69. The predicted octanol–water partition coefficient (Wildman–Crippen LogP) is 7.09. The fourth-order valence-corrected chi connectivity index (χ4v) is 5.12. The van der Waals surface area contributed by atoms with Crippen LogP contribution in [0.15, 0.2) is 79.3 Å². The Balaban J connectivity index is 1.14. The first-order valence-corrected chi connectivity index (χ1v) is 15.7. The maximum absolute atomic E-state index is 13.2. The molecule has 1 unspecified atom stereocenters. The van der Waals surface area contributed by atoms with Gasteiger partial charge in [0.15, 0.2) is 0 Å². The van der Waals surface area contributed by atoms with E-state index in [1.165, 1.54) is 0 Å². The zero-order valence-corrected chi connectivity index (χ0v) is 27.3. The molecule has 5 rings (SSSR count). The molecule has 1 saturated heterocycles. The molecule has 1 aliphatic heterocycles. The van der Waals surface area contributed by atoms with Crippen LogP contribution in [0.25, 0.3) is 11.3 Å². The summed E-state index contributed by atoms with van der Waals surface area (Å²) >= 11 is 0. The standard InChI is InChI=1S/C36H40N6O5/c1-23-8-9-27(21-31(23)41-34-38-18-14-30(40-34)28-7-6-17-37-22-28)32(43)39-29-12-10-25(11-13-29)26-15-19-42(20-16-26)35(45)47-24(2)46-33(44)36(3,4)5/h6-14,17-18,21-22,24,26H,15-16,19-20H2,1-5H3,(H,39,43)(H,38,40,41). The van der Waals surface area contributed by atoms with Gasteiger partial charge in [0.05, 0.1) is 11.1 Å². The number of benzene rings is 2. The number of amides is 2. The number of pyridine rings is 1. The van der Waals surface area contributed by atoms with E-state index < -0.39 is 23.8 Å². The molecule has 2 amide bonds. The Labute approximate surface area is 274 Å². The number of aromatic nitrogens is 3. The van der Waals surface area contributed by atoms with Gasteiger partial charge in [-0.2, -0.15) is 0 Å². The number of nitrogens with one attached hydrogen (secondary N) is 2. The maximum atomic E-state index is 13.2. The Morgan fingerprint density at radius 2 is 1.70 bits per heavy atom. The summed E-state index contributed by atoms with van der Waals surface area (Å²) in [5.41, 5.74) is 4.93. The Bertz CT molecular complexity index is 1710. The topological polar surface area (TPSA) is 136 Å². The van der Waals surface area contributed by atoms with Gasteiger partial charge in [0, 0.05) is 61.1 Å². The highest BCUT2D eigenvalue weighted by Gasteiger charge is 2.29. The lowest BCUT2D eigenvalue weighted by atomic mass is 9.89. The average molecular weight is 637 g/mol. The van der Waals surface area contributed by atoms with Crippen LogP contribution in [0.2, 0.25) is 0 Å². The third-order valence-corrected chi connectivity index (χ3v) is 7.90. The average Bonchev–Trinajstić information content (AvgIpc) is 3.06. The molecule has 0 bridgehead atoms. The van der Waals surface area contributed by atoms with E-state index in [-0.39, 0.29) is 11.8 Å². The van der Waals surface area contributed by atoms with Crippen molar-refractivity contribution in [2.45, 2.75) is 59.7 Å². The first kappa shape index (κ1) is 33.1. The lowest BCUT2D eigenvalue weighted by Gasteiger charge is -2.32. The van der Waals surface area contributed by atoms with Gasteiger partial charge in [-0.05, 0) is 100 Å². The number of ether oxygens (including phenoxy) is 2. The van der Waals surface area contributed by atoms with Gasteiger partial charge in [-0.25, -0.2) is 14.8 Å². The SMILES string of the molecule is Cc1ccc(C(=O)Nc2ccc(C3CCN(C(=O)OC(C)OC(=O)C(C)(C)C)CC3)cc2)cc1Nc1nccc(-c2cccnc2)n1. The monoisotopic (exact) mass is 636 g/mol. The van der Waals surface area contributed by atoms with Gasteiger partial charge in [0.1, 0.15) is 0 Å². The van der Waals surface area contributed by atoms with E-state index >= 15 is 0 Å². The van der Waals surface area contributed by atoms with Gasteiger partial charge in [-0.15, -0.1) is 0 Å². The van der Waals surface area contributed by atoms with E-state index in [2.05, 4.69) is 25.6 Å². The number of rotatable bonds is 8. The molecule has 2 aromatic heterocycles. The quantitative estimate of drug-likeness (QED) is 0.153. The fraction of sp³-hybridized carbons (Fsp3) is 0.333. The highest BCUT2D eigenvalue weighted by molar-refractivity contribution is 6.05. The molecule has 244 valence electrons. The molecule has 1 fully saturated rings. The van der Waals surface area contributed by atoms with Crippen LogP contribution in [0.4, 0.5) is 22.1 Å². The van der Waals surface area contributed by atoms with Gasteiger partial charge < -0.3 is 25.0 Å². The molecule has 11 heteroatoms. The molecule has 47 heavy (non-hydrogen) atoms. The molecular formula is C36H40N6O5. The number of hydrogen-bond acceptors (Lipinski definition) is 9. The highest BCUT2D eigenvalue weighted by atomic mass is 16.7. The second-order valence-corrected chi connectivity index (χ2v) is 12.6. The minimum atomic E-state index is -0.957. The summed E-state index contributed by atoms with van der Waals surface area (Å²) in [7, 11) is 0. The van der Waals surface area contributed by atoms with Gasteiger partial charge >= 0.3 is 12.1 Å². The first-order chi connectivity index (χ1) is 22.5. The molecule has 11 nitrogen and oxygen atoms in total. The largest absolute Gasteiger partial charge is 0.425 e. The van der Waals surface area contributed by atoms with Crippen molar-refractivity contribution in [2.75, 3.05) is 23.7 Å². The lowest BCUT2D eigenvalue weighted by molar-refractivity contribution is -0.175. The van der Waals surface area contributed by atoms with E-state index in [9.17, 15) is 14.4 Å². The predicted molar refractivity (Wildman–Crippen MR) is 179 cm³/mol. The van der Waals surface area contributed by atoms with Crippen molar-refractivity contribution in [1.82, 2.24) is 19.9 Å². The molecule has 0 saturated carbocycles. The Morgan fingerprint density at radius 1 is 0.957 bits per heavy atom. The van der Waals surface area contributed by atoms with Crippen molar-refractivity contribution in [3.8, 4) is 11.3 Å². The van der Waals surface area contributed by atoms with Crippen LogP contribution in [0.5, 0.6) is 0 Å². The van der Waals surface area contributed by atoms with Crippen molar-refractivity contribution in [1.29, 1.82) is 0 Å². The van der Waals surface area contributed by atoms with Crippen LogP contribution >= 0.6 is 0 Å². The van der Waals surface area contributed by atoms with Crippen LogP contribution < -0.4 is 10.6 Å². The summed E-state index contributed by atoms with van der Waals surface area (Å²) in [6, 6.07) is 18.9. The smallest absolute Gasteiger partial charge is 0.412 e. The van der Waals surface area contributed by atoms with Crippen LogP contribution in [0.3, 0.4) is 0 Å². The zero-order chi connectivity index (χ0) is 33.6. The lowest BCUT2D eigenvalue weighted by Crippen LogP contribution is -2.40. The highest BCUT2D eigenvalue weighted by Crippen LogP contribution is 2.30. The van der Waals surface area contributed by atoms with Gasteiger partial charge in [0.25, 0.3) is 5.91 Å². The van der Waals surface area contributed by atoms with Crippen molar-refractivity contribution in [2.24, 2.45) is 5.41 Å². The first-order valence-electron chi connectivity index (χ1n) is 15.7. The summed E-state index contributed by atoms with van der Waals surface area (Å²) in [4.78, 5) is 52.6. The van der Waals surface area contributed by atoms with E-state index in [4.69, 9.17) is 9.47 Å². The number of carbonyl (C=O) groups is 3. The van der Waals surface area contributed by atoms with E-state index in [0.717, 1.165) is 40.9 Å². The Morgan fingerprint density at radius 3 is 2.38 bits per heavy atom. The van der Waals surface area contributed by atoms with Crippen molar-refractivity contribution in [3.05, 3.63) is 95.9 Å². The second-order valence-electron chi connectivity index (χ2n) is 12.6. The number of anilines is 3. The molecule has 2 aromatic carbocycles. The normalized spacial score (nSPS) is 14.2.